The molecule has 3 rings (SSSR count). The summed E-state index contributed by atoms with van der Waals surface area (Å²) in [4.78, 5) is 13.8. The van der Waals surface area contributed by atoms with Gasteiger partial charge in [0.05, 0.1) is 12.9 Å². The van der Waals surface area contributed by atoms with Crippen molar-refractivity contribution in [2.75, 3.05) is 17.8 Å². The van der Waals surface area contributed by atoms with Gasteiger partial charge in [-0.1, -0.05) is 17.7 Å². The number of hydrogen-bond donors (Lipinski definition) is 0. The highest BCUT2D eigenvalue weighted by molar-refractivity contribution is 8.00. The lowest BCUT2D eigenvalue weighted by Crippen LogP contribution is -2.28. The quantitative estimate of drug-likeness (QED) is 0.837. The highest BCUT2D eigenvalue weighted by Crippen LogP contribution is 2.45. The number of carbonyl (C=O) groups excluding carboxylic acids is 1. The maximum absolute atomic E-state index is 14.2. The van der Waals surface area contributed by atoms with E-state index < -0.39 is 11.2 Å². The van der Waals surface area contributed by atoms with E-state index in [1.807, 2.05) is 0 Å². The van der Waals surface area contributed by atoms with Crippen LogP contribution in [0.2, 0.25) is 5.02 Å². The maximum atomic E-state index is 14.2. The molecule has 0 saturated carbocycles. The third-order valence-corrected chi connectivity index (χ3v) is 4.97. The Bertz CT molecular complexity index is 688. The SMILES string of the molecule is COc1ccc(N2C(=O)CSC2c2c(F)cccc2Cl)cc1. The summed E-state index contributed by atoms with van der Waals surface area (Å²) in [6.45, 7) is 0. The smallest absolute Gasteiger partial charge is 0.238 e. The molecule has 0 N–H and O–H groups in total. The van der Waals surface area contributed by atoms with E-state index in [1.165, 1.54) is 17.8 Å². The molecule has 0 aliphatic carbocycles. The molecule has 1 aliphatic rings. The van der Waals surface area contributed by atoms with E-state index in [4.69, 9.17) is 16.3 Å². The van der Waals surface area contributed by atoms with Crippen LogP contribution in [0.4, 0.5) is 10.1 Å². The summed E-state index contributed by atoms with van der Waals surface area (Å²) in [5.41, 5.74) is 1.04. The Kier molecular flexibility index (Phi) is 4.27. The second-order valence-corrected chi connectivity index (χ2v) is 6.24. The van der Waals surface area contributed by atoms with Crippen molar-refractivity contribution in [3.05, 3.63) is 58.9 Å². The first-order valence-electron chi connectivity index (χ1n) is 6.63. The predicted octanol–water partition coefficient (Wildman–Crippen LogP) is 4.27. The number of amides is 1. The van der Waals surface area contributed by atoms with Crippen LogP contribution in [0.5, 0.6) is 5.75 Å². The fourth-order valence-corrected chi connectivity index (χ4v) is 3.97. The fourth-order valence-electron chi connectivity index (χ4n) is 2.41. The van der Waals surface area contributed by atoms with Crippen LogP contribution in [0.25, 0.3) is 0 Å². The van der Waals surface area contributed by atoms with E-state index in [-0.39, 0.29) is 5.91 Å². The summed E-state index contributed by atoms with van der Waals surface area (Å²) >= 11 is 7.51. The molecule has 0 radical (unpaired) electrons. The van der Waals surface area contributed by atoms with Crippen molar-refractivity contribution in [3.63, 3.8) is 0 Å². The summed E-state index contributed by atoms with van der Waals surface area (Å²) in [5, 5.41) is -0.139. The van der Waals surface area contributed by atoms with Gasteiger partial charge < -0.3 is 4.74 Å². The lowest BCUT2D eigenvalue weighted by Gasteiger charge is -2.25. The molecule has 2 aromatic carbocycles. The first kappa shape index (κ1) is 15.2. The number of ether oxygens (including phenoxy) is 1. The summed E-state index contributed by atoms with van der Waals surface area (Å²) in [7, 11) is 1.58. The predicted molar refractivity (Wildman–Crippen MR) is 87.1 cm³/mol. The van der Waals surface area contributed by atoms with Gasteiger partial charge in [0.15, 0.2) is 0 Å². The van der Waals surface area contributed by atoms with Crippen LogP contribution < -0.4 is 9.64 Å². The van der Waals surface area contributed by atoms with Crippen molar-refractivity contribution in [1.82, 2.24) is 0 Å². The number of benzene rings is 2. The zero-order valence-electron chi connectivity index (χ0n) is 11.8. The van der Waals surface area contributed by atoms with Crippen molar-refractivity contribution in [3.8, 4) is 5.75 Å². The fraction of sp³-hybridized carbons (Fsp3) is 0.188. The van der Waals surface area contributed by atoms with Crippen molar-refractivity contribution in [2.24, 2.45) is 0 Å². The van der Waals surface area contributed by atoms with Crippen LogP contribution in [0, 0.1) is 5.82 Å². The van der Waals surface area contributed by atoms with Gasteiger partial charge in [0.25, 0.3) is 0 Å². The van der Waals surface area contributed by atoms with Gasteiger partial charge in [-0.2, -0.15) is 0 Å². The van der Waals surface area contributed by atoms with Crippen molar-refractivity contribution in [2.45, 2.75) is 5.37 Å². The number of halogens is 2. The third-order valence-electron chi connectivity index (χ3n) is 3.47. The molecule has 1 atom stereocenters. The minimum atomic E-state index is -0.463. The Morgan fingerprint density at radius 1 is 1.27 bits per heavy atom. The van der Waals surface area contributed by atoms with E-state index in [1.54, 1.807) is 48.4 Å². The van der Waals surface area contributed by atoms with E-state index >= 15 is 0 Å². The van der Waals surface area contributed by atoms with Crippen LogP contribution in [-0.4, -0.2) is 18.8 Å². The van der Waals surface area contributed by atoms with Crippen molar-refractivity contribution >= 4 is 35.0 Å². The molecule has 22 heavy (non-hydrogen) atoms. The van der Waals surface area contributed by atoms with Gasteiger partial charge >= 0.3 is 0 Å². The molecular formula is C16H13ClFNO2S. The normalized spacial score (nSPS) is 17.9. The van der Waals surface area contributed by atoms with Crippen molar-refractivity contribution in [1.29, 1.82) is 0 Å². The third kappa shape index (κ3) is 2.66. The Labute approximate surface area is 137 Å². The average Bonchev–Trinajstić information content (AvgIpc) is 2.89. The first-order chi connectivity index (χ1) is 10.6. The molecule has 1 aliphatic heterocycles. The average molecular weight is 338 g/mol. The molecule has 1 saturated heterocycles. The molecule has 0 spiro atoms. The molecule has 1 unspecified atom stereocenters. The van der Waals surface area contributed by atoms with Crippen LogP contribution in [-0.2, 0) is 4.79 Å². The largest absolute Gasteiger partial charge is 0.497 e. The zero-order chi connectivity index (χ0) is 15.7. The molecule has 1 amide bonds. The second kappa shape index (κ2) is 6.18. The molecule has 114 valence electrons. The van der Waals surface area contributed by atoms with Gasteiger partial charge in [-0.25, -0.2) is 4.39 Å². The first-order valence-corrected chi connectivity index (χ1v) is 8.06. The number of thioether (sulfide) groups is 1. The van der Waals surface area contributed by atoms with Crippen LogP contribution in [0.15, 0.2) is 42.5 Å². The zero-order valence-corrected chi connectivity index (χ0v) is 13.3. The van der Waals surface area contributed by atoms with Gasteiger partial charge in [-0.3, -0.25) is 9.69 Å². The summed E-state index contributed by atoms with van der Waals surface area (Å²) < 4.78 is 19.3. The van der Waals surface area contributed by atoms with Crippen LogP contribution in [0.1, 0.15) is 10.9 Å². The van der Waals surface area contributed by atoms with Gasteiger partial charge in [0, 0.05) is 16.3 Å². The van der Waals surface area contributed by atoms with Crippen LogP contribution in [0.3, 0.4) is 0 Å². The number of methoxy groups -OCH3 is 1. The number of carbonyl (C=O) groups is 1. The van der Waals surface area contributed by atoms with E-state index in [0.717, 1.165) is 0 Å². The van der Waals surface area contributed by atoms with E-state index in [0.29, 0.717) is 27.8 Å². The van der Waals surface area contributed by atoms with E-state index in [2.05, 4.69) is 0 Å². The number of hydrogen-bond acceptors (Lipinski definition) is 3. The molecule has 2 aromatic rings. The summed E-state index contributed by atoms with van der Waals surface area (Å²) in [6.07, 6.45) is 0. The van der Waals surface area contributed by atoms with Crippen molar-refractivity contribution < 1.29 is 13.9 Å². The Balaban J connectivity index is 2.02. The minimum Gasteiger partial charge on any atom is -0.497 e. The Morgan fingerprint density at radius 2 is 2.00 bits per heavy atom. The molecule has 0 aromatic heterocycles. The maximum Gasteiger partial charge on any atom is 0.238 e. The van der Waals surface area contributed by atoms with E-state index in [9.17, 15) is 9.18 Å². The summed E-state index contributed by atoms with van der Waals surface area (Å²) in [6, 6.07) is 11.7. The lowest BCUT2D eigenvalue weighted by atomic mass is 10.1. The number of nitrogens with zero attached hydrogens (tertiary/aromatic N) is 1. The molecular weight excluding hydrogens is 325 g/mol. The highest BCUT2D eigenvalue weighted by atomic mass is 35.5. The molecule has 3 nitrogen and oxygen atoms in total. The summed E-state index contributed by atoms with van der Waals surface area (Å²) in [5.74, 6) is 0.516. The molecule has 0 bridgehead atoms. The minimum absolute atomic E-state index is 0.0699. The standard InChI is InChI=1S/C16H13ClFNO2S/c1-21-11-7-5-10(6-8-11)19-14(20)9-22-16(19)15-12(17)3-2-4-13(15)18/h2-8,16H,9H2,1H3. The highest BCUT2D eigenvalue weighted by Gasteiger charge is 2.36. The van der Waals surface area contributed by atoms with Gasteiger partial charge in [0.1, 0.15) is 16.9 Å². The van der Waals surface area contributed by atoms with Gasteiger partial charge in [-0.05, 0) is 36.4 Å². The number of anilines is 1. The lowest BCUT2D eigenvalue weighted by molar-refractivity contribution is -0.115. The second-order valence-electron chi connectivity index (χ2n) is 4.76. The molecule has 6 heteroatoms. The number of rotatable bonds is 3. The molecule has 1 fully saturated rings. The Hall–Kier alpha value is -1.72. The Morgan fingerprint density at radius 3 is 2.64 bits per heavy atom. The topological polar surface area (TPSA) is 29.5 Å². The monoisotopic (exact) mass is 337 g/mol. The molecule has 1 heterocycles. The van der Waals surface area contributed by atoms with Gasteiger partial charge in [0.2, 0.25) is 5.91 Å². The van der Waals surface area contributed by atoms with Crippen LogP contribution >= 0.6 is 23.4 Å². The van der Waals surface area contributed by atoms with Gasteiger partial charge in [-0.15, -0.1) is 11.8 Å².